The maximum absolute atomic E-state index is 9.53. The fourth-order valence-electron chi connectivity index (χ4n) is 3.57. The van der Waals surface area contributed by atoms with E-state index < -0.39 is 0 Å². The van der Waals surface area contributed by atoms with E-state index in [4.69, 9.17) is 0 Å². The standard InChI is InChI=1S/C20H27N3O/c1-16-21-14-19(15-24)20(22-16)18-9-12-23(13-10-18)11-5-8-17-6-3-2-4-7-17/h2-4,6-7,14,18,24H,5,8-13,15H2,1H3. The maximum Gasteiger partial charge on any atom is 0.125 e. The Morgan fingerprint density at radius 1 is 1.17 bits per heavy atom. The zero-order valence-electron chi connectivity index (χ0n) is 14.5. The molecule has 4 nitrogen and oxygen atoms in total. The third-order valence-electron chi connectivity index (χ3n) is 4.95. The van der Waals surface area contributed by atoms with Crippen molar-refractivity contribution in [2.24, 2.45) is 0 Å². The van der Waals surface area contributed by atoms with Gasteiger partial charge in [-0.15, -0.1) is 0 Å². The molecule has 0 unspecified atom stereocenters. The number of hydrogen-bond donors (Lipinski definition) is 1. The van der Waals surface area contributed by atoms with Crippen molar-refractivity contribution in [3.05, 3.63) is 59.2 Å². The van der Waals surface area contributed by atoms with E-state index in [9.17, 15) is 5.11 Å². The summed E-state index contributed by atoms with van der Waals surface area (Å²) in [6.45, 7) is 5.36. The molecular formula is C20H27N3O. The van der Waals surface area contributed by atoms with Crippen LogP contribution in [0.4, 0.5) is 0 Å². The quantitative estimate of drug-likeness (QED) is 0.887. The fraction of sp³-hybridized carbons (Fsp3) is 0.500. The van der Waals surface area contributed by atoms with Crippen molar-refractivity contribution in [1.29, 1.82) is 0 Å². The number of aliphatic hydroxyl groups excluding tert-OH is 1. The van der Waals surface area contributed by atoms with Gasteiger partial charge in [0.15, 0.2) is 0 Å². The van der Waals surface area contributed by atoms with Gasteiger partial charge < -0.3 is 10.0 Å². The molecule has 4 heteroatoms. The summed E-state index contributed by atoms with van der Waals surface area (Å²) in [4.78, 5) is 11.4. The first-order valence-electron chi connectivity index (χ1n) is 8.96. The lowest BCUT2D eigenvalue weighted by Crippen LogP contribution is -2.34. The lowest BCUT2D eigenvalue weighted by molar-refractivity contribution is 0.206. The highest BCUT2D eigenvalue weighted by Gasteiger charge is 2.23. The average Bonchev–Trinajstić information content (AvgIpc) is 2.63. The molecule has 1 aliphatic rings. The van der Waals surface area contributed by atoms with E-state index >= 15 is 0 Å². The Hall–Kier alpha value is -1.78. The van der Waals surface area contributed by atoms with E-state index in [0.717, 1.165) is 56.0 Å². The Morgan fingerprint density at radius 3 is 2.62 bits per heavy atom. The number of aliphatic hydroxyl groups is 1. The monoisotopic (exact) mass is 325 g/mol. The Bertz CT molecular complexity index is 637. The smallest absolute Gasteiger partial charge is 0.125 e. The van der Waals surface area contributed by atoms with Gasteiger partial charge in [0.05, 0.1) is 12.3 Å². The molecule has 0 bridgehead atoms. The van der Waals surface area contributed by atoms with E-state index in [-0.39, 0.29) is 6.61 Å². The zero-order chi connectivity index (χ0) is 16.8. The highest BCUT2D eigenvalue weighted by atomic mass is 16.3. The van der Waals surface area contributed by atoms with Crippen molar-refractivity contribution >= 4 is 0 Å². The molecule has 1 N–H and O–H groups in total. The van der Waals surface area contributed by atoms with Gasteiger partial charge in [-0.3, -0.25) is 0 Å². The summed E-state index contributed by atoms with van der Waals surface area (Å²) in [7, 11) is 0. The number of hydrogen-bond acceptors (Lipinski definition) is 4. The minimum atomic E-state index is 0.0346. The van der Waals surface area contributed by atoms with Gasteiger partial charge in [0, 0.05) is 17.7 Å². The van der Waals surface area contributed by atoms with Gasteiger partial charge in [0.1, 0.15) is 5.82 Å². The second-order valence-electron chi connectivity index (χ2n) is 6.69. The Labute approximate surface area is 144 Å². The number of aryl methyl sites for hydroxylation is 2. The molecule has 2 aromatic rings. The Kier molecular flexibility index (Phi) is 5.94. The van der Waals surface area contributed by atoms with Gasteiger partial charge in [-0.05, 0) is 57.8 Å². The van der Waals surface area contributed by atoms with Crippen LogP contribution in [0.3, 0.4) is 0 Å². The maximum atomic E-state index is 9.53. The lowest BCUT2D eigenvalue weighted by atomic mass is 9.90. The number of benzene rings is 1. The molecule has 128 valence electrons. The lowest BCUT2D eigenvalue weighted by Gasteiger charge is -2.32. The largest absolute Gasteiger partial charge is 0.392 e. The summed E-state index contributed by atoms with van der Waals surface area (Å²) >= 11 is 0. The first-order valence-corrected chi connectivity index (χ1v) is 8.96. The second kappa shape index (κ2) is 8.36. The van der Waals surface area contributed by atoms with E-state index in [1.165, 1.54) is 12.0 Å². The number of nitrogens with zero attached hydrogens (tertiary/aromatic N) is 3. The highest BCUT2D eigenvalue weighted by molar-refractivity contribution is 5.21. The summed E-state index contributed by atoms with van der Waals surface area (Å²) in [5.41, 5.74) is 3.38. The zero-order valence-corrected chi connectivity index (χ0v) is 14.5. The Balaban J connectivity index is 1.48. The third kappa shape index (κ3) is 4.40. The van der Waals surface area contributed by atoms with Crippen molar-refractivity contribution in [1.82, 2.24) is 14.9 Å². The van der Waals surface area contributed by atoms with E-state index in [0.29, 0.717) is 5.92 Å². The summed E-state index contributed by atoms with van der Waals surface area (Å²) in [6.07, 6.45) is 6.39. The van der Waals surface area contributed by atoms with Crippen LogP contribution in [0.2, 0.25) is 0 Å². The van der Waals surface area contributed by atoms with Crippen LogP contribution in [-0.4, -0.2) is 39.6 Å². The topological polar surface area (TPSA) is 49.3 Å². The molecule has 0 spiro atoms. The predicted octanol–water partition coefficient (Wildman–Crippen LogP) is 3.09. The first kappa shape index (κ1) is 17.1. The summed E-state index contributed by atoms with van der Waals surface area (Å²) in [5.74, 6) is 1.26. The molecule has 1 aromatic carbocycles. The summed E-state index contributed by atoms with van der Waals surface area (Å²) in [6, 6.07) is 10.7. The van der Waals surface area contributed by atoms with Gasteiger partial charge >= 0.3 is 0 Å². The van der Waals surface area contributed by atoms with Crippen molar-refractivity contribution in [2.75, 3.05) is 19.6 Å². The van der Waals surface area contributed by atoms with E-state index in [1.54, 1.807) is 6.20 Å². The molecule has 24 heavy (non-hydrogen) atoms. The van der Waals surface area contributed by atoms with Crippen LogP contribution in [0.25, 0.3) is 0 Å². The van der Waals surface area contributed by atoms with Crippen LogP contribution < -0.4 is 0 Å². The first-order chi connectivity index (χ1) is 11.8. The van der Waals surface area contributed by atoms with Crippen LogP contribution in [-0.2, 0) is 13.0 Å². The van der Waals surface area contributed by atoms with Crippen molar-refractivity contribution in [3.8, 4) is 0 Å². The third-order valence-corrected chi connectivity index (χ3v) is 4.95. The minimum absolute atomic E-state index is 0.0346. The van der Waals surface area contributed by atoms with Crippen molar-refractivity contribution in [3.63, 3.8) is 0 Å². The van der Waals surface area contributed by atoms with Gasteiger partial charge in [-0.2, -0.15) is 0 Å². The minimum Gasteiger partial charge on any atom is -0.392 e. The number of piperidine rings is 1. The second-order valence-corrected chi connectivity index (χ2v) is 6.69. The molecule has 0 radical (unpaired) electrons. The Morgan fingerprint density at radius 2 is 1.92 bits per heavy atom. The molecular weight excluding hydrogens is 298 g/mol. The van der Waals surface area contributed by atoms with Gasteiger partial charge in [-0.25, -0.2) is 9.97 Å². The normalized spacial score (nSPS) is 16.4. The molecule has 0 atom stereocenters. The molecule has 2 heterocycles. The SMILES string of the molecule is Cc1ncc(CO)c(C2CCN(CCCc3ccccc3)CC2)n1. The number of aromatic nitrogens is 2. The van der Waals surface area contributed by atoms with Crippen molar-refractivity contribution in [2.45, 2.75) is 45.1 Å². The summed E-state index contributed by atoms with van der Waals surface area (Å²) < 4.78 is 0. The number of rotatable bonds is 6. The molecule has 1 saturated heterocycles. The van der Waals surface area contributed by atoms with Gasteiger partial charge in [0.2, 0.25) is 0 Å². The van der Waals surface area contributed by atoms with E-state index in [1.807, 2.05) is 6.92 Å². The highest BCUT2D eigenvalue weighted by Crippen LogP contribution is 2.29. The molecule has 3 rings (SSSR count). The van der Waals surface area contributed by atoms with Crippen molar-refractivity contribution < 1.29 is 5.11 Å². The van der Waals surface area contributed by atoms with Gasteiger partial charge in [-0.1, -0.05) is 30.3 Å². The molecule has 1 aromatic heterocycles. The van der Waals surface area contributed by atoms with Crippen LogP contribution in [0.15, 0.2) is 36.5 Å². The molecule has 0 aliphatic carbocycles. The fourth-order valence-corrected chi connectivity index (χ4v) is 3.57. The van der Waals surface area contributed by atoms with Crippen LogP contribution in [0, 0.1) is 6.92 Å². The van der Waals surface area contributed by atoms with E-state index in [2.05, 4.69) is 45.2 Å². The van der Waals surface area contributed by atoms with Crippen LogP contribution >= 0.6 is 0 Å². The average molecular weight is 325 g/mol. The predicted molar refractivity (Wildman–Crippen MR) is 95.9 cm³/mol. The van der Waals surface area contributed by atoms with Crippen LogP contribution in [0.5, 0.6) is 0 Å². The molecule has 0 saturated carbocycles. The van der Waals surface area contributed by atoms with Crippen LogP contribution in [0.1, 0.15) is 47.8 Å². The molecule has 1 aliphatic heterocycles. The molecule has 0 amide bonds. The van der Waals surface area contributed by atoms with Gasteiger partial charge in [0.25, 0.3) is 0 Å². The number of likely N-dealkylation sites (tertiary alicyclic amines) is 1. The summed E-state index contributed by atoms with van der Waals surface area (Å²) in [5, 5.41) is 9.53. The molecule has 1 fully saturated rings.